The molecule has 0 spiro atoms. The SMILES string of the molecule is CCc1ncn2c3c(C(C)Br)cc(C)cc3c3nncn3c12. The molecule has 0 aliphatic carbocycles. The second-order valence-electron chi connectivity index (χ2n) is 5.63. The molecule has 112 valence electrons. The van der Waals surface area contributed by atoms with Gasteiger partial charge in [0.25, 0.3) is 0 Å². The van der Waals surface area contributed by atoms with Crippen LogP contribution in [0.5, 0.6) is 0 Å². The lowest BCUT2D eigenvalue weighted by Crippen LogP contribution is -2.01. The number of aromatic nitrogens is 5. The van der Waals surface area contributed by atoms with Gasteiger partial charge >= 0.3 is 0 Å². The van der Waals surface area contributed by atoms with E-state index in [4.69, 9.17) is 0 Å². The van der Waals surface area contributed by atoms with E-state index in [1.54, 1.807) is 6.33 Å². The van der Waals surface area contributed by atoms with Gasteiger partial charge in [-0.25, -0.2) is 4.98 Å². The minimum absolute atomic E-state index is 0.246. The number of alkyl halides is 1. The largest absolute Gasteiger partial charge is 0.284 e. The third-order valence-corrected chi connectivity index (χ3v) is 4.61. The Kier molecular flexibility index (Phi) is 2.97. The first kappa shape index (κ1) is 13.7. The van der Waals surface area contributed by atoms with E-state index in [1.165, 1.54) is 11.1 Å². The van der Waals surface area contributed by atoms with E-state index in [0.29, 0.717) is 0 Å². The molecular formula is C16H16BrN5. The monoisotopic (exact) mass is 357 g/mol. The van der Waals surface area contributed by atoms with Crippen molar-refractivity contribution < 1.29 is 0 Å². The van der Waals surface area contributed by atoms with Crippen LogP contribution in [0.4, 0.5) is 0 Å². The van der Waals surface area contributed by atoms with Crippen molar-refractivity contribution in [2.75, 3.05) is 0 Å². The molecule has 4 aromatic rings. The third-order valence-electron chi connectivity index (χ3n) is 4.12. The minimum atomic E-state index is 0.246. The predicted molar refractivity (Wildman–Crippen MR) is 90.7 cm³/mol. The first-order valence-electron chi connectivity index (χ1n) is 7.37. The number of halogens is 1. The molecule has 6 heteroatoms. The third kappa shape index (κ3) is 1.73. The summed E-state index contributed by atoms with van der Waals surface area (Å²) in [4.78, 5) is 4.83. The first-order chi connectivity index (χ1) is 10.6. The number of benzene rings is 1. The Bertz CT molecular complexity index is 1010. The van der Waals surface area contributed by atoms with Crippen molar-refractivity contribution in [2.24, 2.45) is 0 Å². The summed E-state index contributed by atoms with van der Waals surface area (Å²) in [6.45, 7) is 6.37. The van der Waals surface area contributed by atoms with Gasteiger partial charge in [0, 0.05) is 10.2 Å². The molecule has 1 atom stereocenters. The van der Waals surface area contributed by atoms with Gasteiger partial charge < -0.3 is 0 Å². The molecule has 3 heterocycles. The van der Waals surface area contributed by atoms with Crippen molar-refractivity contribution in [2.45, 2.75) is 32.0 Å². The average molecular weight is 358 g/mol. The maximum Gasteiger partial charge on any atom is 0.171 e. The smallest absolute Gasteiger partial charge is 0.171 e. The van der Waals surface area contributed by atoms with E-state index < -0.39 is 0 Å². The number of fused-ring (bicyclic) bond motifs is 6. The van der Waals surface area contributed by atoms with Crippen LogP contribution < -0.4 is 0 Å². The highest BCUT2D eigenvalue weighted by atomic mass is 79.9. The van der Waals surface area contributed by atoms with E-state index in [2.05, 4.69) is 68.4 Å². The lowest BCUT2D eigenvalue weighted by molar-refractivity contribution is 1.05. The molecule has 5 nitrogen and oxygen atoms in total. The minimum Gasteiger partial charge on any atom is -0.284 e. The molecule has 0 bridgehead atoms. The first-order valence-corrected chi connectivity index (χ1v) is 8.29. The molecule has 0 radical (unpaired) electrons. The van der Waals surface area contributed by atoms with Gasteiger partial charge in [-0.15, -0.1) is 10.2 Å². The maximum atomic E-state index is 4.59. The van der Waals surface area contributed by atoms with Crippen LogP contribution in [0.1, 0.15) is 35.5 Å². The number of hydrogen-bond acceptors (Lipinski definition) is 3. The zero-order chi connectivity index (χ0) is 15.4. The normalized spacial score (nSPS) is 13.5. The molecule has 22 heavy (non-hydrogen) atoms. The van der Waals surface area contributed by atoms with E-state index in [9.17, 15) is 0 Å². The molecule has 0 saturated heterocycles. The summed E-state index contributed by atoms with van der Waals surface area (Å²) >= 11 is 3.73. The number of rotatable bonds is 2. The summed E-state index contributed by atoms with van der Waals surface area (Å²) in [5.74, 6) is 0. The summed E-state index contributed by atoms with van der Waals surface area (Å²) in [6, 6.07) is 4.39. The summed E-state index contributed by atoms with van der Waals surface area (Å²) < 4.78 is 4.20. The quantitative estimate of drug-likeness (QED) is 0.511. The molecule has 4 rings (SSSR count). The molecule has 1 aromatic carbocycles. The van der Waals surface area contributed by atoms with Crippen LogP contribution in [-0.2, 0) is 6.42 Å². The molecule has 0 amide bonds. The Balaban J connectivity index is 2.36. The van der Waals surface area contributed by atoms with Gasteiger partial charge in [0.05, 0.1) is 11.2 Å². The second-order valence-corrected chi connectivity index (χ2v) is 7.00. The average Bonchev–Trinajstić information content (AvgIpc) is 3.12. The summed E-state index contributed by atoms with van der Waals surface area (Å²) in [6.07, 6.45) is 4.55. The van der Waals surface area contributed by atoms with Gasteiger partial charge in [-0.2, -0.15) is 0 Å². The molecule has 0 aliphatic rings. The molecule has 0 N–H and O–H groups in total. The lowest BCUT2D eigenvalue weighted by Gasteiger charge is -2.14. The molecule has 0 aliphatic heterocycles. The Morgan fingerprint density at radius 3 is 2.77 bits per heavy atom. The molecular weight excluding hydrogens is 342 g/mol. The van der Waals surface area contributed by atoms with Crippen LogP contribution in [0, 0.1) is 6.92 Å². The number of aryl methyl sites for hydroxylation is 2. The van der Waals surface area contributed by atoms with Crippen molar-refractivity contribution in [3.05, 3.63) is 41.6 Å². The second kappa shape index (κ2) is 4.78. The van der Waals surface area contributed by atoms with Gasteiger partial charge in [0.15, 0.2) is 5.65 Å². The van der Waals surface area contributed by atoms with E-state index in [-0.39, 0.29) is 4.83 Å². The number of imidazole rings is 1. The molecule has 0 fully saturated rings. The van der Waals surface area contributed by atoms with Crippen LogP contribution in [0.15, 0.2) is 24.8 Å². The molecule has 1 unspecified atom stereocenters. The number of nitrogens with zero attached hydrogens (tertiary/aromatic N) is 5. The highest BCUT2D eigenvalue weighted by molar-refractivity contribution is 9.09. The van der Waals surface area contributed by atoms with Crippen molar-refractivity contribution in [3.63, 3.8) is 0 Å². The highest BCUT2D eigenvalue weighted by Crippen LogP contribution is 2.33. The van der Waals surface area contributed by atoms with Crippen molar-refractivity contribution >= 4 is 38.1 Å². The zero-order valence-electron chi connectivity index (χ0n) is 12.7. The summed E-state index contributed by atoms with van der Waals surface area (Å²) in [7, 11) is 0. The van der Waals surface area contributed by atoms with E-state index in [1.807, 2.05) is 10.7 Å². The van der Waals surface area contributed by atoms with E-state index in [0.717, 1.165) is 34.3 Å². The van der Waals surface area contributed by atoms with Crippen LogP contribution in [-0.4, -0.2) is 24.0 Å². The maximum absolute atomic E-state index is 4.59. The highest BCUT2D eigenvalue weighted by Gasteiger charge is 2.18. The Morgan fingerprint density at radius 1 is 1.23 bits per heavy atom. The van der Waals surface area contributed by atoms with Crippen molar-refractivity contribution in [1.82, 2.24) is 24.0 Å². The van der Waals surface area contributed by atoms with Gasteiger partial charge in [0.1, 0.15) is 18.3 Å². The van der Waals surface area contributed by atoms with Crippen LogP contribution in [0.25, 0.3) is 22.2 Å². The molecule has 3 aromatic heterocycles. The van der Waals surface area contributed by atoms with Crippen molar-refractivity contribution in [3.8, 4) is 0 Å². The van der Waals surface area contributed by atoms with Gasteiger partial charge in [0.2, 0.25) is 0 Å². The Labute approximate surface area is 136 Å². The Morgan fingerprint density at radius 2 is 2.05 bits per heavy atom. The fraction of sp³-hybridized carbons (Fsp3) is 0.312. The zero-order valence-corrected chi connectivity index (χ0v) is 14.3. The van der Waals surface area contributed by atoms with Gasteiger partial charge in [-0.3, -0.25) is 8.80 Å². The summed E-state index contributed by atoms with van der Waals surface area (Å²) in [5.41, 5.74) is 6.60. The lowest BCUT2D eigenvalue weighted by atomic mass is 10.0. The van der Waals surface area contributed by atoms with E-state index >= 15 is 0 Å². The van der Waals surface area contributed by atoms with Crippen molar-refractivity contribution in [1.29, 1.82) is 0 Å². The Hall–Kier alpha value is -1.95. The fourth-order valence-corrected chi connectivity index (χ4v) is 3.52. The van der Waals surface area contributed by atoms with Gasteiger partial charge in [-0.05, 0) is 37.5 Å². The summed E-state index contributed by atoms with van der Waals surface area (Å²) in [5, 5.41) is 9.57. The van der Waals surface area contributed by atoms with Crippen LogP contribution in [0.2, 0.25) is 0 Å². The topological polar surface area (TPSA) is 47.5 Å². The molecule has 0 saturated carbocycles. The van der Waals surface area contributed by atoms with Crippen LogP contribution >= 0.6 is 15.9 Å². The fourth-order valence-electron chi connectivity index (χ4n) is 3.17. The van der Waals surface area contributed by atoms with Gasteiger partial charge in [-0.1, -0.05) is 28.9 Å². The predicted octanol–water partition coefficient (Wildman–Crippen LogP) is 3.86. The number of hydrogen-bond donors (Lipinski definition) is 0. The van der Waals surface area contributed by atoms with Crippen LogP contribution in [0.3, 0.4) is 0 Å². The standard InChI is InChI=1S/C16H16BrN5/c1-4-13-16-21(7-18-13)14-11(10(3)17)5-9(2)6-12(14)15-20-19-8-22(15)16/h5-8,10H,4H2,1-3H3.